The smallest absolute Gasteiger partial charge is 0.0507 e. The molecule has 1 aliphatic rings. The number of hydrogen-bond donors (Lipinski definition) is 0. The van der Waals surface area contributed by atoms with Crippen LogP contribution in [-0.4, -0.2) is 4.98 Å². The molecule has 80 valence electrons. The number of pyridine rings is 1. The number of aromatic nitrogens is 1. The Morgan fingerprint density at radius 3 is 2.69 bits per heavy atom. The summed E-state index contributed by atoms with van der Waals surface area (Å²) in [7, 11) is 0. The van der Waals surface area contributed by atoms with Crippen LogP contribution >= 0.6 is 0 Å². The van der Waals surface area contributed by atoms with Gasteiger partial charge in [-0.15, -0.1) is 0 Å². The Balaban J connectivity index is 2.18. The normalized spacial score (nSPS) is 18.4. The molecule has 0 radical (unpaired) electrons. The van der Waals surface area contributed by atoms with Crippen molar-refractivity contribution >= 4 is 0 Å². The van der Waals surface area contributed by atoms with Gasteiger partial charge in [-0.2, -0.15) is 0 Å². The number of rotatable bonds is 0. The monoisotopic (exact) mass is 209 g/mol. The van der Waals surface area contributed by atoms with Crippen LogP contribution < -0.4 is 0 Å². The van der Waals surface area contributed by atoms with Crippen LogP contribution in [0, 0.1) is 0 Å². The quantitative estimate of drug-likeness (QED) is 0.648. The maximum absolute atomic E-state index is 4.56. The molecule has 1 nitrogen and oxygen atoms in total. The fraction of sp³-hybridized carbons (Fsp3) is 0.267. The van der Waals surface area contributed by atoms with Crippen molar-refractivity contribution in [2.24, 2.45) is 0 Å². The van der Waals surface area contributed by atoms with Gasteiger partial charge in [-0.25, -0.2) is 0 Å². The highest BCUT2D eigenvalue weighted by Crippen LogP contribution is 2.31. The zero-order chi connectivity index (χ0) is 11.0. The average molecular weight is 209 g/mol. The molecule has 0 bridgehead atoms. The number of hydrogen-bond acceptors (Lipinski definition) is 1. The van der Waals surface area contributed by atoms with E-state index in [1.165, 1.54) is 22.4 Å². The van der Waals surface area contributed by atoms with Crippen molar-refractivity contribution in [3.05, 3.63) is 65.0 Å². The van der Waals surface area contributed by atoms with Crippen LogP contribution in [0.1, 0.15) is 35.2 Å². The minimum Gasteiger partial charge on any atom is -0.260 e. The van der Waals surface area contributed by atoms with Crippen LogP contribution in [0.4, 0.5) is 0 Å². The average Bonchev–Trinajstić information content (AvgIpc) is 2.49. The van der Waals surface area contributed by atoms with E-state index in [1.807, 2.05) is 12.3 Å². The molecule has 1 aromatic carbocycles. The van der Waals surface area contributed by atoms with Gasteiger partial charge in [0.15, 0.2) is 0 Å². The van der Waals surface area contributed by atoms with E-state index in [1.54, 1.807) is 0 Å². The van der Waals surface area contributed by atoms with Crippen molar-refractivity contribution < 1.29 is 0 Å². The summed E-state index contributed by atoms with van der Waals surface area (Å²) in [5.74, 6) is 0.426. The van der Waals surface area contributed by atoms with E-state index >= 15 is 0 Å². The van der Waals surface area contributed by atoms with Gasteiger partial charge in [-0.05, 0) is 35.6 Å². The van der Waals surface area contributed by atoms with E-state index in [0.717, 1.165) is 12.8 Å². The highest BCUT2D eigenvalue weighted by atomic mass is 14.7. The highest BCUT2D eigenvalue weighted by Gasteiger charge is 2.20. The molecule has 0 aliphatic heterocycles. The van der Waals surface area contributed by atoms with Gasteiger partial charge >= 0.3 is 0 Å². The van der Waals surface area contributed by atoms with Crippen molar-refractivity contribution in [2.45, 2.75) is 25.7 Å². The largest absolute Gasteiger partial charge is 0.260 e. The molecule has 2 aromatic rings. The van der Waals surface area contributed by atoms with Gasteiger partial charge in [0.05, 0.1) is 5.69 Å². The summed E-state index contributed by atoms with van der Waals surface area (Å²) in [5.41, 5.74) is 5.59. The van der Waals surface area contributed by atoms with Crippen LogP contribution in [0.2, 0.25) is 0 Å². The third kappa shape index (κ3) is 1.44. The SMILES string of the molecule is CC1c2ccccc2CCc2cccnc21. The molecule has 1 aromatic heterocycles. The molecule has 1 atom stereocenters. The summed E-state index contributed by atoms with van der Waals surface area (Å²) in [5, 5.41) is 0. The summed E-state index contributed by atoms with van der Waals surface area (Å²) in [4.78, 5) is 4.56. The maximum atomic E-state index is 4.56. The lowest BCUT2D eigenvalue weighted by atomic mass is 9.93. The molecular formula is C15H15N. The molecule has 3 rings (SSSR count). The van der Waals surface area contributed by atoms with Gasteiger partial charge in [0.1, 0.15) is 0 Å². The number of aryl methyl sites for hydroxylation is 2. The molecule has 1 aliphatic carbocycles. The molecule has 0 amide bonds. The van der Waals surface area contributed by atoms with E-state index < -0.39 is 0 Å². The lowest BCUT2D eigenvalue weighted by Gasteiger charge is -2.13. The van der Waals surface area contributed by atoms with Crippen LogP contribution in [0.3, 0.4) is 0 Å². The molecule has 0 fully saturated rings. The molecule has 16 heavy (non-hydrogen) atoms. The Hall–Kier alpha value is -1.63. The minimum absolute atomic E-state index is 0.426. The van der Waals surface area contributed by atoms with Crippen molar-refractivity contribution in [1.82, 2.24) is 4.98 Å². The van der Waals surface area contributed by atoms with E-state index in [4.69, 9.17) is 0 Å². The lowest BCUT2D eigenvalue weighted by molar-refractivity contribution is 0.860. The Labute approximate surface area is 96.2 Å². The lowest BCUT2D eigenvalue weighted by Crippen LogP contribution is -2.01. The predicted molar refractivity (Wildman–Crippen MR) is 65.6 cm³/mol. The summed E-state index contributed by atoms with van der Waals surface area (Å²) in [6, 6.07) is 13.0. The van der Waals surface area contributed by atoms with Crippen LogP contribution in [-0.2, 0) is 12.8 Å². The number of benzene rings is 1. The van der Waals surface area contributed by atoms with Crippen LogP contribution in [0.5, 0.6) is 0 Å². The molecule has 1 heterocycles. The minimum atomic E-state index is 0.426. The Kier molecular flexibility index (Phi) is 2.24. The second kappa shape index (κ2) is 3.75. The Morgan fingerprint density at radius 2 is 1.75 bits per heavy atom. The van der Waals surface area contributed by atoms with Crippen molar-refractivity contribution in [2.75, 3.05) is 0 Å². The first-order valence-electron chi connectivity index (χ1n) is 5.88. The molecule has 0 spiro atoms. The van der Waals surface area contributed by atoms with Crippen molar-refractivity contribution in [3.8, 4) is 0 Å². The zero-order valence-electron chi connectivity index (χ0n) is 9.48. The zero-order valence-corrected chi connectivity index (χ0v) is 9.48. The highest BCUT2D eigenvalue weighted by molar-refractivity contribution is 5.41. The first-order chi connectivity index (χ1) is 7.86. The topological polar surface area (TPSA) is 12.9 Å². The van der Waals surface area contributed by atoms with Crippen LogP contribution in [0.15, 0.2) is 42.6 Å². The first kappa shape index (κ1) is 9.59. The fourth-order valence-corrected chi connectivity index (χ4v) is 2.65. The van der Waals surface area contributed by atoms with Gasteiger partial charge in [-0.3, -0.25) is 4.98 Å². The van der Waals surface area contributed by atoms with E-state index in [2.05, 4.69) is 42.2 Å². The van der Waals surface area contributed by atoms with Crippen LogP contribution in [0.25, 0.3) is 0 Å². The van der Waals surface area contributed by atoms with E-state index in [9.17, 15) is 0 Å². The maximum Gasteiger partial charge on any atom is 0.0507 e. The summed E-state index contributed by atoms with van der Waals surface area (Å²) >= 11 is 0. The Morgan fingerprint density at radius 1 is 1.00 bits per heavy atom. The number of nitrogens with zero attached hydrogens (tertiary/aromatic N) is 1. The summed E-state index contributed by atoms with van der Waals surface area (Å²) < 4.78 is 0. The molecule has 0 saturated heterocycles. The van der Waals surface area contributed by atoms with E-state index in [0.29, 0.717) is 5.92 Å². The summed E-state index contributed by atoms with van der Waals surface area (Å²) in [6.45, 7) is 2.26. The molecule has 1 unspecified atom stereocenters. The fourth-order valence-electron chi connectivity index (χ4n) is 2.65. The second-order valence-electron chi connectivity index (χ2n) is 4.47. The van der Waals surface area contributed by atoms with Gasteiger partial charge in [0.2, 0.25) is 0 Å². The van der Waals surface area contributed by atoms with Crippen molar-refractivity contribution in [3.63, 3.8) is 0 Å². The standard InChI is InChI=1S/C15H15N/c1-11-14-7-3-2-5-12(14)8-9-13-6-4-10-16-15(11)13/h2-7,10-11H,8-9H2,1H3. The third-order valence-electron chi connectivity index (χ3n) is 3.52. The molecule has 0 saturated carbocycles. The predicted octanol–water partition coefficient (Wildman–Crippen LogP) is 3.33. The second-order valence-corrected chi connectivity index (χ2v) is 4.47. The van der Waals surface area contributed by atoms with Crippen molar-refractivity contribution in [1.29, 1.82) is 0 Å². The van der Waals surface area contributed by atoms with Gasteiger partial charge in [0, 0.05) is 12.1 Å². The van der Waals surface area contributed by atoms with Gasteiger partial charge in [-0.1, -0.05) is 37.3 Å². The molecule has 1 heteroatoms. The first-order valence-corrected chi connectivity index (χ1v) is 5.88. The van der Waals surface area contributed by atoms with Gasteiger partial charge < -0.3 is 0 Å². The number of fused-ring (bicyclic) bond motifs is 2. The Bertz CT molecular complexity index is 469. The molecule has 0 N–H and O–H groups in total. The van der Waals surface area contributed by atoms with E-state index in [-0.39, 0.29) is 0 Å². The molecular weight excluding hydrogens is 194 g/mol. The van der Waals surface area contributed by atoms with Gasteiger partial charge in [0.25, 0.3) is 0 Å². The third-order valence-corrected chi connectivity index (χ3v) is 3.52. The summed E-state index contributed by atoms with van der Waals surface area (Å²) in [6.07, 6.45) is 4.16.